The van der Waals surface area contributed by atoms with Crippen molar-refractivity contribution in [3.05, 3.63) is 29.8 Å². The van der Waals surface area contributed by atoms with Gasteiger partial charge in [0.2, 0.25) is 5.91 Å². The van der Waals surface area contributed by atoms with E-state index in [2.05, 4.69) is 0 Å². The van der Waals surface area contributed by atoms with Crippen LogP contribution in [-0.4, -0.2) is 43.0 Å². The summed E-state index contributed by atoms with van der Waals surface area (Å²) in [7, 11) is 5.51. The number of carbonyl (C=O) groups is 2. The minimum atomic E-state index is -1.10. The third kappa shape index (κ3) is 4.08. The predicted molar refractivity (Wildman–Crippen MR) is 69.5 cm³/mol. The van der Waals surface area contributed by atoms with Crippen LogP contribution in [0.3, 0.4) is 0 Å². The highest BCUT2D eigenvalue weighted by Gasteiger charge is 2.13. The summed E-state index contributed by atoms with van der Waals surface area (Å²) in [6, 6.07) is 7.79. The lowest BCUT2D eigenvalue weighted by molar-refractivity contribution is -0.143. The fraction of sp³-hybridized carbons (Fsp3) is 0.385. The Kier molecular flexibility index (Phi) is 4.71. The molecule has 0 fully saturated rings. The lowest BCUT2D eigenvalue weighted by Crippen LogP contribution is -2.28. The topological polar surface area (TPSA) is 60.9 Å². The number of aliphatic carboxylic acids is 1. The molecule has 1 aromatic carbocycles. The van der Waals surface area contributed by atoms with E-state index in [-0.39, 0.29) is 5.91 Å². The Bertz CT molecular complexity index is 426. The molecule has 0 heterocycles. The van der Waals surface area contributed by atoms with E-state index in [4.69, 9.17) is 5.11 Å². The number of nitrogens with zero attached hydrogens (tertiary/aromatic N) is 2. The lowest BCUT2D eigenvalue weighted by atomic mass is 10.2. The van der Waals surface area contributed by atoms with E-state index in [0.29, 0.717) is 6.54 Å². The van der Waals surface area contributed by atoms with Crippen LogP contribution in [0.5, 0.6) is 0 Å². The van der Waals surface area contributed by atoms with E-state index in [0.717, 1.165) is 11.3 Å². The van der Waals surface area contributed by atoms with Crippen molar-refractivity contribution in [3.8, 4) is 0 Å². The number of benzene rings is 1. The second kappa shape index (κ2) is 6.05. The summed E-state index contributed by atoms with van der Waals surface area (Å²) in [5, 5.41) is 8.54. The largest absolute Gasteiger partial charge is 0.481 e. The molecule has 98 valence electrons. The fourth-order valence-electron chi connectivity index (χ4n) is 1.53. The summed E-state index contributed by atoms with van der Waals surface area (Å²) in [5.41, 5.74) is 2.06. The van der Waals surface area contributed by atoms with Crippen LogP contribution in [-0.2, 0) is 16.1 Å². The smallest absolute Gasteiger partial charge is 0.312 e. The van der Waals surface area contributed by atoms with E-state index in [9.17, 15) is 9.59 Å². The number of hydrogen-bond donors (Lipinski definition) is 1. The molecule has 0 saturated heterocycles. The quantitative estimate of drug-likeness (QED) is 0.797. The minimum Gasteiger partial charge on any atom is -0.481 e. The third-order valence-corrected chi connectivity index (χ3v) is 2.60. The van der Waals surface area contributed by atoms with Gasteiger partial charge in [-0.15, -0.1) is 0 Å². The Morgan fingerprint density at radius 2 is 1.67 bits per heavy atom. The molecular weight excluding hydrogens is 232 g/mol. The van der Waals surface area contributed by atoms with Crippen LogP contribution in [0.25, 0.3) is 0 Å². The fourth-order valence-corrected chi connectivity index (χ4v) is 1.53. The maximum absolute atomic E-state index is 11.5. The van der Waals surface area contributed by atoms with Crippen molar-refractivity contribution >= 4 is 17.6 Å². The number of carboxylic acid groups (broad SMARTS) is 1. The van der Waals surface area contributed by atoms with Crippen molar-refractivity contribution in [2.24, 2.45) is 0 Å². The lowest BCUT2D eigenvalue weighted by Gasteiger charge is -2.17. The van der Waals surface area contributed by atoms with Gasteiger partial charge >= 0.3 is 5.97 Å². The van der Waals surface area contributed by atoms with Gasteiger partial charge in [-0.05, 0) is 17.7 Å². The Labute approximate surface area is 107 Å². The molecule has 0 aliphatic heterocycles. The Hall–Kier alpha value is -2.04. The molecule has 0 spiro atoms. The minimum absolute atomic E-state index is 0.390. The summed E-state index contributed by atoms with van der Waals surface area (Å²) >= 11 is 0. The van der Waals surface area contributed by atoms with Gasteiger partial charge in [0.1, 0.15) is 6.42 Å². The van der Waals surface area contributed by atoms with E-state index in [1.807, 2.05) is 43.3 Å². The van der Waals surface area contributed by atoms with E-state index in [1.165, 1.54) is 4.90 Å². The van der Waals surface area contributed by atoms with Crippen LogP contribution in [0.4, 0.5) is 5.69 Å². The summed E-state index contributed by atoms with van der Waals surface area (Å²) in [6.45, 7) is 0.416. The maximum atomic E-state index is 11.5. The molecule has 18 heavy (non-hydrogen) atoms. The molecule has 0 unspecified atom stereocenters. The molecule has 0 bridgehead atoms. The van der Waals surface area contributed by atoms with Crippen molar-refractivity contribution in [2.75, 3.05) is 26.0 Å². The number of rotatable bonds is 5. The number of carboxylic acids is 1. The van der Waals surface area contributed by atoms with Crippen molar-refractivity contribution in [2.45, 2.75) is 13.0 Å². The zero-order chi connectivity index (χ0) is 13.7. The highest BCUT2D eigenvalue weighted by Crippen LogP contribution is 2.13. The van der Waals surface area contributed by atoms with Crippen LogP contribution in [0, 0.1) is 0 Å². The summed E-state index contributed by atoms with van der Waals surface area (Å²) < 4.78 is 0. The molecular formula is C13H18N2O3. The van der Waals surface area contributed by atoms with Gasteiger partial charge in [0.05, 0.1) is 0 Å². The average Bonchev–Trinajstić information content (AvgIpc) is 2.28. The van der Waals surface area contributed by atoms with Gasteiger partial charge in [0, 0.05) is 33.4 Å². The van der Waals surface area contributed by atoms with Crippen LogP contribution in [0.15, 0.2) is 24.3 Å². The first kappa shape index (κ1) is 14.0. The van der Waals surface area contributed by atoms with Crippen molar-refractivity contribution in [3.63, 3.8) is 0 Å². The average molecular weight is 250 g/mol. The Balaban J connectivity index is 2.61. The van der Waals surface area contributed by atoms with Crippen LogP contribution in [0.1, 0.15) is 12.0 Å². The molecule has 0 saturated carbocycles. The predicted octanol–water partition coefficient (Wildman–Crippen LogP) is 1.19. The van der Waals surface area contributed by atoms with Gasteiger partial charge in [-0.2, -0.15) is 0 Å². The number of amides is 1. The van der Waals surface area contributed by atoms with E-state index in [1.54, 1.807) is 7.05 Å². The van der Waals surface area contributed by atoms with Crippen LogP contribution < -0.4 is 4.90 Å². The molecule has 0 aromatic heterocycles. The molecule has 1 aromatic rings. The van der Waals surface area contributed by atoms with Gasteiger partial charge in [0.25, 0.3) is 0 Å². The third-order valence-electron chi connectivity index (χ3n) is 2.60. The molecule has 0 aliphatic rings. The molecule has 0 radical (unpaired) electrons. The van der Waals surface area contributed by atoms with Gasteiger partial charge in [-0.1, -0.05) is 12.1 Å². The zero-order valence-corrected chi connectivity index (χ0v) is 10.9. The standard InChI is InChI=1S/C13H18N2O3/c1-14(2)11-6-4-10(5-7-11)9-15(3)12(16)8-13(17)18/h4-7H,8-9H2,1-3H3,(H,17,18). The molecule has 1 rings (SSSR count). The number of hydrogen-bond acceptors (Lipinski definition) is 3. The second-order valence-electron chi connectivity index (χ2n) is 4.38. The van der Waals surface area contributed by atoms with Crippen molar-refractivity contribution < 1.29 is 14.7 Å². The molecule has 5 heteroatoms. The van der Waals surface area contributed by atoms with Crippen LogP contribution >= 0.6 is 0 Å². The van der Waals surface area contributed by atoms with Crippen molar-refractivity contribution in [1.82, 2.24) is 4.90 Å². The Morgan fingerprint density at radius 3 is 2.11 bits per heavy atom. The number of carbonyl (C=O) groups excluding carboxylic acids is 1. The summed E-state index contributed by atoms with van der Waals surface area (Å²) in [4.78, 5) is 25.3. The normalized spacial score (nSPS) is 9.94. The summed E-state index contributed by atoms with van der Waals surface area (Å²) in [6.07, 6.45) is -0.466. The molecule has 5 nitrogen and oxygen atoms in total. The molecule has 1 amide bonds. The first-order valence-corrected chi connectivity index (χ1v) is 5.62. The monoisotopic (exact) mass is 250 g/mol. The van der Waals surface area contributed by atoms with Gasteiger partial charge in [-0.3, -0.25) is 9.59 Å². The highest BCUT2D eigenvalue weighted by molar-refractivity contribution is 5.93. The van der Waals surface area contributed by atoms with E-state index >= 15 is 0 Å². The molecule has 0 atom stereocenters. The molecule has 0 aliphatic carbocycles. The van der Waals surface area contributed by atoms with Gasteiger partial charge < -0.3 is 14.9 Å². The molecule has 1 N–H and O–H groups in total. The van der Waals surface area contributed by atoms with Crippen molar-refractivity contribution in [1.29, 1.82) is 0 Å². The summed E-state index contributed by atoms with van der Waals surface area (Å²) in [5.74, 6) is -1.49. The second-order valence-corrected chi connectivity index (χ2v) is 4.38. The first-order chi connectivity index (χ1) is 8.40. The van der Waals surface area contributed by atoms with Gasteiger partial charge in [-0.25, -0.2) is 0 Å². The number of anilines is 1. The van der Waals surface area contributed by atoms with Crippen LogP contribution in [0.2, 0.25) is 0 Å². The SMILES string of the molecule is CN(Cc1ccc(N(C)C)cc1)C(=O)CC(=O)O. The maximum Gasteiger partial charge on any atom is 0.312 e. The Morgan fingerprint density at radius 1 is 1.11 bits per heavy atom. The van der Waals surface area contributed by atoms with E-state index < -0.39 is 12.4 Å². The highest BCUT2D eigenvalue weighted by atomic mass is 16.4. The first-order valence-electron chi connectivity index (χ1n) is 5.62. The zero-order valence-electron chi connectivity index (χ0n) is 10.9. The van der Waals surface area contributed by atoms with Gasteiger partial charge in [0.15, 0.2) is 0 Å².